The predicted octanol–water partition coefficient (Wildman–Crippen LogP) is 4.46. The zero-order valence-corrected chi connectivity index (χ0v) is 15.6. The molecule has 0 radical (unpaired) electrons. The number of amidine groups is 1. The van der Waals surface area contributed by atoms with Gasteiger partial charge in [-0.1, -0.05) is 36.9 Å². The molecule has 0 aliphatic carbocycles. The summed E-state index contributed by atoms with van der Waals surface area (Å²) in [4.78, 5) is 12.0. The molecule has 130 valence electrons. The summed E-state index contributed by atoms with van der Waals surface area (Å²) in [6.07, 6.45) is 2.04. The molecule has 0 spiro atoms. The van der Waals surface area contributed by atoms with E-state index >= 15 is 0 Å². The number of aromatic nitrogens is 1. The van der Waals surface area contributed by atoms with Crippen molar-refractivity contribution >= 4 is 16.9 Å². The van der Waals surface area contributed by atoms with E-state index in [1.165, 1.54) is 5.56 Å². The lowest BCUT2D eigenvalue weighted by atomic mass is 9.96. The summed E-state index contributed by atoms with van der Waals surface area (Å²) in [6, 6.07) is 14.8. The molecule has 3 heterocycles. The molecule has 3 atom stereocenters. The van der Waals surface area contributed by atoms with Gasteiger partial charge in [0.15, 0.2) is 5.17 Å². The van der Waals surface area contributed by atoms with E-state index in [-0.39, 0.29) is 18.2 Å². The Labute approximate surface area is 153 Å². The van der Waals surface area contributed by atoms with Crippen molar-refractivity contribution < 1.29 is 4.74 Å². The molecule has 0 N–H and O–H groups in total. The maximum Gasteiger partial charge on any atom is 0.160 e. The monoisotopic (exact) mass is 353 g/mol. The minimum Gasteiger partial charge on any atom is -0.491 e. The van der Waals surface area contributed by atoms with Crippen LogP contribution in [-0.2, 0) is 0 Å². The largest absolute Gasteiger partial charge is 0.491 e. The fraction of sp³-hybridized carbons (Fsp3) is 0.400. The van der Waals surface area contributed by atoms with Crippen LogP contribution in [0.3, 0.4) is 0 Å². The third-order valence-electron chi connectivity index (χ3n) is 4.47. The van der Waals surface area contributed by atoms with E-state index < -0.39 is 0 Å². The Morgan fingerprint density at radius 3 is 2.64 bits per heavy atom. The van der Waals surface area contributed by atoms with Crippen LogP contribution in [0, 0.1) is 0 Å². The molecule has 0 saturated carbocycles. The zero-order chi connectivity index (χ0) is 17.4. The highest BCUT2D eigenvalue weighted by molar-refractivity contribution is 8.14. The number of rotatable bonds is 4. The van der Waals surface area contributed by atoms with Gasteiger partial charge in [0.1, 0.15) is 11.8 Å². The maximum absolute atomic E-state index is 5.79. The van der Waals surface area contributed by atoms with Crippen LogP contribution < -0.4 is 4.74 Å². The number of ether oxygens (including phenoxy) is 1. The Bertz CT molecular complexity index is 760. The van der Waals surface area contributed by atoms with E-state index in [1.807, 2.05) is 43.9 Å². The van der Waals surface area contributed by atoms with Crippen molar-refractivity contribution in [3.63, 3.8) is 0 Å². The van der Waals surface area contributed by atoms with Gasteiger partial charge in [0.2, 0.25) is 0 Å². The molecule has 2 aromatic rings. The molecular weight excluding hydrogens is 330 g/mol. The second-order valence-corrected chi connectivity index (χ2v) is 8.28. The summed E-state index contributed by atoms with van der Waals surface area (Å²) in [7, 11) is 0. The van der Waals surface area contributed by atoms with Crippen molar-refractivity contribution in [2.75, 3.05) is 6.54 Å². The minimum atomic E-state index is 0.0491. The van der Waals surface area contributed by atoms with E-state index in [0.29, 0.717) is 5.25 Å². The van der Waals surface area contributed by atoms with Crippen molar-refractivity contribution in [2.24, 2.45) is 4.99 Å². The molecule has 0 amide bonds. The summed E-state index contributed by atoms with van der Waals surface area (Å²) in [5.74, 6) is 0.913. The summed E-state index contributed by atoms with van der Waals surface area (Å²) >= 11 is 1.87. The number of hydrogen-bond donors (Lipinski definition) is 0. The van der Waals surface area contributed by atoms with Gasteiger partial charge >= 0.3 is 0 Å². The highest BCUT2D eigenvalue weighted by atomic mass is 32.2. The van der Waals surface area contributed by atoms with Crippen molar-refractivity contribution in [3.05, 3.63) is 59.9 Å². The van der Waals surface area contributed by atoms with E-state index in [0.717, 1.165) is 23.2 Å². The fourth-order valence-corrected chi connectivity index (χ4v) is 4.59. The lowest BCUT2D eigenvalue weighted by Crippen LogP contribution is -2.28. The van der Waals surface area contributed by atoms with Gasteiger partial charge in [-0.25, -0.2) is 0 Å². The predicted molar refractivity (Wildman–Crippen MR) is 103 cm³/mol. The number of pyridine rings is 1. The van der Waals surface area contributed by atoms with Crippen LogP contribution in [0.1, 0.15) is 44.1 Å². The molecule has 1 aromatic heterocycles. The standard InChI is InChI=1S/C20H23N3OS/c1-13(2)24-16-9-7-15(8-10-16)19-18(17-6-4-5-11-21-17)22-20-23(19)12-14(3)25-20/h4-11,13-14,18-19H,12H2,1-3H3/t14-,18-,19-/m0/s1. The van der Waals surface area contributed by atoms with Gasteiger partial charge < -0.3 is 9.64 Å². The molecule has 5 heteroatoms. The Hall–Kier alpha value is -2.01. The first-order valence-corrected chi connectivity index (χ1v) is 9.68. The SMILES string of the molecule is CC(C)Oc1ccc([C@H]2[C@H](c3ccccn3)N=C3S[C@@H](C)CN32)cc1. The smallest absolute Gasteiger partial charge is 0.160 e. The summed E-state index contributed by atoms with van der Waals surface area (Å²) in [6.45, 7) is 7.38. The highest BCUT2D eigenvalue weighted by Gasteiger charge is 2.43. The number of benzene rings is 1. The van der Waals surface area contributed by atoms with E-state index in [9.17, 15) is 0 Å². The van der Waals surface area contributed by atoms with Gasteiger partial charge in [0.25, 0.3) is 0 Å². The van der Waals surface area contributed by atoms with E-state index in [1.54, 1.807) is 0 Å². The Balaban J connectivity index is 1.67. The van der Waals surface area contributed by atoms with Crippen molar-refractivity contribution in [2.45, 2.75) is 44.2 Å². The van der Waals surface area contributed by atoms with Crippen LogP contribution in [0.4, 0.5) is 0 Å². The van der Waals surface area contributed by atoms with Crippen LogP contribution in [0.5, 0.6) is 5.75 Å². The molecule has 1 aromatic carbocycles. The zero-order valence-electron chi connectivity index (χ0n) is 14.8. The summed E-state index contributed by atoms with van der Waals surface area (Å²) in [5, 5.41) is 1.73. The average Bonchev–Trinajstić information content (AvgIpc) is 3.12. The molecule has 4 nitrogen and oxygen atoms in total. The molecule has 2 aliphatic rings. The van der Waals surface area contributed by atoms with Crippen molar-refractivity contribution in [1.29, 1.82) is 0 Å². The molecular formula is C20H23N3OS. The normalized spacial score (nSPS) is 25.2. The van der Waals surface area contributed by atoms with Crippen LogP contribution in [0.2, 0.25) is 0 Å². The summed E-state index contributed by atoms with van der Waals surface area (Å²) in [5.41, 5.74) is 2.30. The summed E-state index contributed by atoms with van der Waals surface area (Å²) < 4.78 is 5.79. The van der Waals surface area contributed by atoms with Gasteiger partial charge in [-0.15, -0.1) is 0 Å². The molecule has 2 aliphatic heterocycles. The van der Waals surface area contributed by atoms with Gasteiger partial charge in [0.05, 0.1) is 17.8 Å². The number of hydrogen-bond acceptors (Lipinski definition) is 5. The Morgan fingerprint density at radius 2 is 1.96 bits per heavy atom. The topological polar surface area (TPSA) is 37.7 Å². The molecule has 0 bridgehead atoms. The Morgan fingerprint density at radius 1 is 1.16 bits per heavy atom. The second-order valence-electron chi connectivity index (χ2n) is 6.87. The minimum absolute atomic E-state index is 0.0491. The second kappa shape index (κ2) is 6.71. The number of thioether (sulfide) groups is 1. The third kappa shape index (κ3) is 3.25. The molecule has 25 heavy (non-hydrogen) atoms. The van der Waals surface area contributed by atoms with E-state index in [2.05, 4.69) is 47.1 Å². The van der Waals surface area contributed by atoms with Gasteiger partial charge in [-0.05, 0) is 43.7 Å². The first-order valence-electron chi connectivity index (χ1n) is 8.80. The molecule has 1 saturated heterocycles. The first kappa shape index (κ1) is 16.5. The Kier molecular flexibility index (Phi) is 4.42. The molecule has 0 unspecified atom stereocenters. The number of aliphatic imine (C=N–C) groups is 1. The average molecular weight is 353 g/mol. The van der Waals surface area contributed by atoms with Gasteiger partial charge in [-0.2, -0.15) is 0 Å². The number of fused-ring (bicyclic) bond motifs is 1. The lowest BCUT2D eigenvalue weighted by Gasteiger charge is -2.27. The first-order chi connectivity index (χ1) is 12.1. The number of nitrogens with zero attached hydrogens (tertiary/aromatic N) is 3. The molecule has 1 fully saturated rings. The van der Waals surface area contributed by atoms with E-state index in [4.69, 9.17) is 9.73 Å². The highest BCUT2D eigenvalue weighted by Crippen LogP contribution is 2.47. The van der Waals surface area contributed by atoms with Crippen LogP contribution in [0.15, 0.2) is 53.7 Å². The van der Waals surface area contributed by atoms with Gasteiger partial charge in [0, 0.05) is 18.0 Å². The third-order valence-corrected chi connectivity index (χ3v) is 5.58. The van der Waals surface area contributed by atoms with Crippen LogP contribution >= 0.6 is 11.8 Å². The fourth-order valence-electron chi connectivity index (χ4n) is 3.49. The van der Waals surface area contributed by atoms with Gasteiger partial charge in [-0.3, -0.25) is 9.98 Å². The lowest BCUT2D eigenvalue weighted by molar-refractivity contribution is 0.242. The quantitative estimate of drug-likeness (QED) is 0.813. The van der Waals surface area contributed by atoms with Crippen LogP contribution in [0.25, 0.3) is 0 Å². The maximum atomic E-state index is 5.79. The van der Waals surface area contributed by atoms with Crippen molar-refractivity contribution in [3.8, 4) is 5.75 Å². The molecule has 4 rings (SSSR count). The van der Waals surface area contributed by atoms with Crippen molar-refractivity contribution in [1.82, 2.24) is 9.88 Å². The van der Waals surface area contributed by atoms with Crippen LogP contribution in [-0.4, -0.2) is 33.0 Å².